The Balaban J connectivity index is 1.40. The molecule has 2 N–H and O–H groups in total. The number of nitrogens with zero attached hydrogens (tertiary/aromatic N) is 4. The van der Waals surface area contributed by atoms with Gasteiger partial charge in [-0.3, -0.25) is 9.69 Å². The highest BCUT2D eigenvalue weighted by Gasteiger charge is 2.23. The summed E-state index contributed by atoms with van der Waals surface area (Å²) in [6.07, 6.45) is 6.20. The number of likely N-dealkylation sites (tertiary alicyclic amines) is 1. The monoisotopic (exact) mass is 504 g/mol. The van der Waals surface area contributed by atoms with E-state index in [1.54, 1.807) is 32.1 Å². The molecule has 196 valence electrons. The number of allylic oxidation sites excluding steroid dienone is 3. The number of halogens is 1. The molecule has 0 unspecified atom stereocenters. The van der Waals surface area contributed by atoms with E-state index in [0.29, 0.717) is 23.8 Å². The van der Waals surface area contributed by atoms with Crippen LogP contribution >= 0.6 is 0 Å². The van der Waals surface area contributed by atoms with Gasteiger partial charge in [-0.25, -0.2) is 10.4 Å². The fraction of sp³-hybridized carbons (Fsp3) is 0.379. The second-order valence-corrected chi connectivity index (χ2v) is 9.86. The lowest BCUT2D eigenvalue weighted by Crippen LogP contribution is -2.42. The van der Waals surface area contributed by atoms with E-state index in [0.717, 1.165) is 54.9 Å². The number of aromatic nitrogens is 1. The van der Waals surface area contributed by atoms with Crippen LogP contribution in [0.25, 0.3) is 5.57 Å². The van der Waals surface area contributed by atoms with Crippen molar-refractivity contribution in [1.29, 1.82) is 0 Å². The molecule has 1 saturated heterocycles. The van der Waals surface area contributed by atoms with E-state index in [1.165, 1.54) is 5.56 Å². The number of hydrogen-bond donors (Lipinski definition) is 2. The maximum Gasteiger partial charge on any atom is 0.253 e. The van der Waals surface area contributed by atoms with Crippen molar-refractivity contribution in [3.63, 3.8) is 0 Å². The Hall–Kier alpha value is -3.49. The van der Waals surface area contributed by atoms with Gasteiger partial charge in [-0.05, 0) is 73.3 Å². The predicted molar refractivity (Wildman–Crippen MR) is 148 cm³/mol. The van der Waals surface area contributed by atoms with Gasteiger partial charge < -0.3 is 15.2 Å². The van der Waals surface area contributed by atoms with Gasteiger partial charge in [0, 0.05) is 58.1 Å². The third kappa shape index (κ3) is 6.26. The molecule has 7 nitrogen and oxygen atoms in total. The summed E-state index contributed by atoms with van der Waals surface area (Å²) in [6.45, 7) is 7.64. The predicted octanol–water partition coefficient (Wildman–Crippen LogP) is 4.12. The lowest BCUT2D eigenvalue weighted by atomic mass is 9.89. The molecule has 0 radical (unpaired) electrons. The summed E-state index contributed by atoms with van der Waals surface area (Å²) in [4.78, 5) is 20.4. The quantitative estimate of drug-likeness (QED) is 0.577. The molecule has 0 spiro atoms. The molecule has 2 aliphatic heterocycles. The van der Waals surface area contributed by atoms with Gasteiger partial charge in [-0.15, -0.1) is 0 Å². The topological polar surface area (TPSA) is 63.7 Å². The Kier molecular flexibility index (Phi) is 8.41. The summed E-state index contributed by atoms with van der Waals surface area (Å²) < 4.78 is 14.3. The summed E-state index contributed by atoms with van der Waals surface area (Å²) in [5, 5.41) is 4.86. The zero-order valence-corrected chi connectivity index (χ0v) is 22.2. The van der Waals surface area contributed by atoms with Crippen molar-refractivity contribution in [1.82, 2.24) is 25.2 Å². The van der Waals surface area contributed by atoms with Crippen molar-refractivity contribution in [3.8, 4) is 0 Å². The third-order valence-electron chi connectivity index (χ3n) is 7.15. The zero-order chi connectivity index (χ0) is 26.5. The Morgan fingerprint density at radius 1 is 1.19 bits per heavy atom. The van der Waals surface area contributed by atoms with Crippen LogP contribution in [0.4, 0.5) is 10.1 Å². The first-order valence-corrected chi connectivity index (χ1v) is 12.7. The molecular formula is C29H37FN6O. The van der Waals surface area contributed by atoms with Crippen molar-refractivity contribution in [3.05, 3.63) is 89.2 Å². The van der Waals surface area contributed by atoms with Gasteiger partial charge in [0.25, 0.3) is 5.91 Å². The summed E-state index contributed by atoms with van der Waals surface area (Å²) >= 11 is 0. The van der Waals surface area contributed by atoms with E-state index in [1.807, 2.05) is 36.3 Å². The molecule has 0 atom stereocenters. The number of carbonyl (C=O) groups excluding carboxylic acids is 1. The summed E-state index contributed by atoms with van der Waals surface area (Å²) in [5.41, 5.74) is 9.11. The summed E-state index contributed by atoms with van der Waals surface area (Å²) in [5.74, 6) is 0.00175. The van der Waals surface area contributed by atoms with E-state index in [9.17, 15) is 9.18 Å². The minimum Gasteiger partial charge on any atom is -0.384 e. The van der Waals surface area contributed by atoms with E-state index >= 15 is 0 Å². The SMILES string of the molecule is C=C1/C=C(/CN2CCC(c3ccc(C(=O)N(C)C)cc3)CC2)N(C)NC/C=C\1c1ccc(NC)c(F)n1. The molecule has 2 aliphatic rings. The van der Waals surface area contributed by atoms with Crippen molar-refractivity contribution in [2.24, 2.45) is 0 Å². The van der Waals surface area contributed by atoms with Crippen LogP contribution in [0, 0.1) is 5.95 Å². The lowest BCUT2D eigenvalue weighted by molar-refractivity contribution is 0.0827. The van der Waals surface area contributed by atoms with Gasteiger partial charge in [0.1, 0.15) is 0 Å². The molecule has 3 heterocycles. The van der Waals surface area contributed by atoms with Crippen molar-refractivity contribution < 1.29 is 9.18 Å². The van der Waals surface area contributed by atoms with E-state index in [-0.39, 0.29) is 5.91 Å². The van der Waals surface area contributed by atoms with Crippen LogP contribution in [-0.4, -0.2) is 80.1 Å². The van der Waals surface area contributed by atoms with Gasteiger partial charge in [0.2, 0.25) is 5.95 Å². The highest BCUT2D eigenvalue weighted by atomic mass is 19.1. The molecule has 0 saturated carbocycles. The fourth-order valence-corrected chi connectivity index (χ4v) is 4.89. The van der Waals surface area contributed by atoms with Crippen LogP contribution in [0.1, 0.15) is 40.4 Å². The zero-order valence-electron chi connectivity index (χ0n) is 22.2. The van der Waals surface area contributed by atoms with Crippen LogP contribution < -0.4 is 10.7 Å². The first kappa shape index (κ1) is 26.6. The fourth-order valence-electron chi connectivity index (χ4n) is 4.89. The third-order valence-corrected chi connectivity index (χ3v) is 7.15. The Morgan fingerprint density at radius 2 is 1.89 bits per heavy atom. The number of amides is 1. The molecule has 0 aliphatic carbocycles. The van der Waals surface area contributed by atoms with E-state index in [4.69, 9.17) is 0 Å². The first-order chi connectivity index (χ1) is 17.8. The molecule has 0 bridgehead atoms. The van der Waals surface area contributed by atoms with Crippen LogP contribution in [0.3, 0.4) is 0 Å². The summed E-state index contributed by atoms with van der Waals surface area (Å²) in [7, 11) is 7.24. The highest BCUT2D eigenvalue weighted by Crippen LogP contribution is 2.30. The molecular weight excluding hydrogens is 467 g/mol. The number of carbonyl (C=O) groups is 1. The number of piperidine rings is 1. The number of anilines is 1. The van der Waals surface area contributed by atoms with Crippen LogP contribution in [0.5, 0.6) is 0 Å². The minimum atomic E-state index is -0.521. The number of hydrazine groups is 1. The van der Waals surface area contributed by atoms with Gasteiger partial charge in [-0.2, -0.15) is 4.39 Å². The number of hydrogen-bond acceptors (Lipinski definition) is 6. The molecule has 2 aromatic rings. The lowest BCUT2D eigenvalue weighted by Gasteiger charge is -2.35. The first-order valence-electron chi connectivity index (χ1n) is 12.7. The Labute approximate surface area is 219 Å². The molecule has 1 fully saturated rings. The molecule has 1 amide bonds. The van der Waals surface area contributed by atoms with Gasteiger partial charge in [0.05, 0.1) is 11.4 Å². The average Bonchev–Trinajstić information content (AvgIpc) is 2.90. The second-order valence-electron chi connectivity index (χ2n) is 9.86. The maximum atomic E-state index is 14.3. The van der Waals surface area contributed by atoms with E-state index < -0.39 is 5.95 Å². The van der Waals surface area contributed by atoms with Crippen LogP contribution in [0.2, 0.25) is 0 Å². The molecule has 37 heavy (non-hydrogen) atoms. The summed E-state index contributed by atoms with van der Waals surface area (Å²) in [6, 6.07) is 11.6. The van der Waals surface area contributed by atoms with Crippen molar-refractivity contribution >= 4 is 17.2 Å². The largest absolute Gasteiger partial charge is 0.384 e. The normalized spacial score (nSPS) is 20.4. The second kappa shape index (κ2) is 11.7. The molecule has 1 aromatic heterocycles. The molecule has 4 rings (SSSR count). The number of rotatable bonds is 6. The maximum absolute atomic E-state index is 14.3. The minimum absolute atomic E-state index is 0.0297. The van der Waals surface area contributed by atoms with Crippen LogP contribution in [-0.2, 0) is 0 Å². The van der Waals surface area contributed by atoms with Gasteiger partial charge >= 0.3 is 0 Å². The highest BCUT2D eigenvalue weighted by molar-refractivity contribution is 5.93. The van der Waals surface area contributed by atoms with Gasteiger partial charge in [0.15, 0.2) is 0 Å². The van der Waals surface area contributed by atoms with Gasteiger partial charge in [-0.1, -0.05) is 24.8 Å². The Morgan fingerprint density at radius 3 is 2.51 bits per heavy atom. The molecule has 1 aromatic carbocycles. The van der Waals surface area contributed by atoms with E-state index in [2.05, 4.69) is 45.4 Å². The standard InChI is InChI=1S/C29H37FN6O/c1-20-18-24(35(5)32-15-12-25(20)26-10-11-27(31-2)28(30)33-26)19-36-16-13-22(14-17-36)21-6-8-23(9-7-21)29(37)34(3)4/h6-12,18,22,31-32H,1,13-17,19H2,2-5H3/b24-18-,25-12+. The Bertz CT molecular complexity index is 1200. The number of nitrogens with one attached hydrogen (secondary N) is 2. The molecule has 8 heteroatoms. The number of pyridine rings is 1. The smallest absolute Gasteiger partial charge is 0.253 e. The number of benzene rings is 1. The van der Waals surface area contributed by atoms with Crippen molar-refractivity contribution in [2.45, 2.75) is 18.8 Å². The van der Waals surface area contributed by atoms with Crippen LogP contribution in [0.15, 0.2) is 66.4 Å². The number of likely N-dealkylation sites (N-methyl/N-ethyl adjacent to an activating group) is 1. The average molecular weight is 505 g/mol. The van der Waals surface area contributed by atoms with Crippen molar-refractivity contribution in [2.75, 3.05) is 59.7 Å².